The fourth-order valence-electron chi connectivity index (χ4n) is 3.63. The standard InChI is InChI=1S/C27H36N2/c1-9-10-18(2)15-20(4)26-17-25(13-11-19(26)3)29(8)23(7)22(6)24-12-14-27(28)21(5)16-24/h10-17,23H,6,9,28H2,1-5,7-8H3/b18-10+,20-15-. The topological polar surface area (TPSA) is 29.3 Å². The van der Waals surface area contributed by atoms with Gasteiger partial charge >= 0.3 is 0 Å². The molecule has 0 radical (unpaired) electrons. The summed E-state index contributed by atoms with van der Waals surface area (Å²) >= 11 is 0. The molecule has 2 nitrogen and oxygen atoms in total. The van der Waals surface area contributed by atoms with E-state index in [0.29, 0.717) is 0 Å². The molecule has 2 aromatic carbocycles. The first-order chi connectivity index (χ1) is 13.6. The maximum Gasteiger partial charge on any atom is 0.0511 e. The average molecular weight is 389 g/mol. The molecule has 29 heavy (non-hydrogen) atoms. The van der Waals surface area contributed by atoms with E-state index in [1.54, 1.807) is 0 Å². The van der Waals surface area contributed by atoms with E-state index in [1.807, 2.05) is 13.0 Å². The number of hydrogen-bond acceptors (Lipinski definition) is 2. The van der Waals surface area contributed by atoms with Crippen LogP contribution >= 0.6 is 0 Å². The van der Waals surface area contributed by atoms with Crippen LogP contribution in [0, 0.1) is 13.8 Å². The summed E-state index contributed by atoms with van der Waals surface area (Å²) in [7, 11) is 2.13. The van der Waals surface area contributed by atoms with Gasteiger partial charge in [-0.15, -0.1) is 0 Å². The molecule has 1 atom stereocenters. The SMILES string of the molecule is C=C(c1ccc(N)c(C)c1)C(C)N(C)c1ccc(C)c(/C(C)=C\C(C)=C\CC)c1. The average Bonchev–Trinajstić information content (AvgIpc) is 2.68. The van der Waals surface area contributed by atoms with Crippen LogP contribution in [-0.4, -0.2) is 13.1 Å². The second-order valence-electron chi connectivity index (χ2n) is 8.07. The van der Waals surface area contributed by atoms with Gasteiger partial charge in [-0.2, -0.15) is 0 Å². The molecule has 0 saturated heterocycles. The van der Waals surface area contributed by atoms with Gasteiger partial charge in [-0.1, -0.05) is 43.4 Å². The minimum absolute atomic E-state index is 0.166. The molecular weight excluding hydrogens is 352 g/mol. The Morgan fingerprint density at radius 3 is 2.41 bits per heavy atom. The van der Waals surface area contributed by atoms with Crippen LogP contribution in [0.15, 0.2) is 60.7 Å². The van der Waals surface area contributed by atoms with Crippen molar-refractivity contribution in [3.05, 3.63) is 83.0 Å². The number of aryl methyl sites for hydroxylation is 2. The Kier molecular flexibility index (Phi) is 7.50. The highest BCUT2D eigenvalue weighted by Crippen LogP contribution is 2.30. The zero-order valence-electron chi connectivity index (χ0n) is 19.1. The highest BCUT2D eigenvalue weighted by Gasteiger charge is 2.16. The molecule has 1 unspecified atom stereocenters. The van der Waals surface area contributed by atoms with Gasteiger partial charge in [0, 0.05) is 18.4 Å². The van der Waals surface area contributed by atoms with Crippen molar-refractivity contribution in [3.63, 3.8) is 0 Å². The molecule has 0 saturated carbocycles. The Labute approximate surface area is 177 Å². The fraction of sp³-hybridized carbons (Fsp3) is 0.333. The van der Waals surface area contributed by atoms with Gasteiger partial charge in [0.1, 0.15) is 0 Å². The summed E-state index contributed by atoms with van der Waals surface area (Å²) in [5.41, 5.74) is 16.5. The summed E-state index contributed by atoms with van der Waals surface area (Å²) in [5.74, 6) is 0. The van der Waals surface area contributed by atoms with Crippen molar-refractivity contribution in [2.24, 2.45) is 0 Å². The van der Waals surface area contributed by atoms with Gasteiger partial charge < -0.3 is 10.6 Å². The van der Waals surface area contributed by atoms with Crippen LogP contribution in [0.1, 0.15) is 56.4 Å². The van der Waals surface area contributed by atoms with Gasteiger partial charge in [-0.05, 0) is 98.7 Å². The van der Waals surface area contributed by atoms with Crippen molar-refractivity contribution < 1.29 is 0 Å². The Bertz CT molecular complexity index is 947. The number of allylic oxidation sites excluding steroid dienone is 4. The molecule has 0 amide bonds. The van der Waals surface area contributed by atoms with E-state index in [-0.39, 0.29) is 6.04 Å². The number of hydrogen-bond donors (Lipinski definition) is 1. The van der Waals surface area contributed by atoms with E-state index in [4.69, 9.17) is 5.73 Å². The molecule has 0 aliphatic rings. The second-order valence-corrected chi connectivity index (χ2v) is 8.07. The van der Waals surface area contributed by atoms with Gasteiger partial charge in [0.05, 0.1) is 6.04 Å². The number of nitrogen functional groups attached to an aromatic ring is 1. The Morgan fingerprint density at radius 2 is 1.79 bits per heavy atom. The zero-order valence-corrected chi connectivity index (χ0v) is 19.1. The lowest BCUT2D eigenvalue weighted by atomic mass is 9.96. The molecule has 0 aliphatic carbocycles. The minimum Gasteiger partial charge on any atom is -0.399 e. The van der Waals surface area contributed by atoms with Crippen LogP contribution in [0.25, 0.3) is 11.1 Å². The normalized spacial score (nSPS) is 13.3. The number of benzene rings is 2. The summed E-state index contributed by atoms with van der Waals surface area (Å²) < 4.78 is 0. The van der Waals surface area contributed by atoms with Crippen molar-refractivity contribution in [1.29, 1.82) is 0 Å². The van der Waals surface area contributed by atoms with Crippen LogP contribution < -0.4 is 10.6 Å². The predicted octanol–water partition coefficient (Wildman–Crippen LogP) is 7.18. The van der Waals surface area contributed by atoms with Crippen molar-refractivity contribution in [3.8, 4) is 0 Å². The first kappa shape index (κ1) is 22.5. The van der Waals surface area contributed by atoms with Crippen LogP contribution in [0.4, 0.5) is 11.4 Å². The highest BCUT2D eigenvalue weighted by molar-refractivity contribution is 5.76. The zero-order chi connectivity index (χ0) is 21.7. The van der Waals surface area contributed by atoms with Crippen LogP contribution in [0.5, 0.6) is 0 Å². The molecule has 0 spiro atoms. The molecule has 0 bridgehead atoms. The lowest BCUT2D eigenvalue weighted by Crippen LogP contribution is -2.29. The van der Waals surface area contributed by atoms with Crippen LogP contribution in [-0.2, 0) is 0 Å². The Balaban J connectivity index is 2.32. The lowest BCUT2D eigenvalue weighted by molar-refractivity contribution is 0.840. The van der Waals surface area contributed by atoms with E-state index >= 15 is 0 Å². The monoisotopic (exact) mass is 388 g/mol. The summed E-state index contributed by atoms with van der Waals surface area (Å²) in [6, 6.07) is 13.0. The Morgan fingerprint density at radius 1 is 1.10 bits per heavy atom. The number of nitrogens with zero attached hydrogens (tertiary/aromatic N) is 1. The molecule has 0 aliphatic heterocycles. The van der Waals surface area contributed by atoms with Crippen molar-refractivity contribution in [2.45, 2.75) is 54.0 Å². The van der Waals surface area contributed by atoms with Crippen molar-refractivity contribution in [1.82, 2.24) is 0 Å². The van der Waals surface area contributed by atoms with Gasteiger partial charge in [-0.25, -0.2) is 0 Å². The summed E-state index contributed by atoms with van der Waals surface area (Å²) in [5, 5.41) is 0. The second kappa shape index (κ2) is 9.65. The van der Waals surface area contributed by atoms with E-state index in [1.165, 1.54) is 28.0 Å². The third kappa shape index (κ3) is 5.41. The molecule has 0 aromatic heterocycles. The van der Waals surface area contributed by atoms with E-state index in [0.717, 1.165) is 28.8 Å². The molecule has 2 N–H and O–H groups in total. The quantitative estimate of drug-likeness (QED) is 0.402. The third-order valence-corrected chi connectivity index (χ3v) is 5.75. The summed E-state index contributed by atoms with van der Waals surface area (Å²) in [4.78, 5) is 2.29. The van der Waals surface area contributed by atoms with Crippen LogP contribution in [0.2, 0.25) is 0 Å². The minimum atomic E-state index is 0.166. The number of rotatable bonds is 7. The molecule has 2 aromatic rings. The van der Waals surface area contributed by atoms with E-state index in [9.17, 15) is 0 Å². The number of anilines is 2. The predicted molar refractivity (Wildman–Crippen MR) is 131 cm³/mol. The first-order valence-electron chi connectivity index (χ1n) is 10.4. The molecule has 154 valence electrons. The van der Waals surface area contributed by atoms with Crippen molar-refractivity contribution in [2.75, 3.05) is 17.7 Å². The maximum atomic E-state index is 5.98. The lowest BCUT2D eigenvalue weighted by Gasteiger charge is -2.30. The molecule has 0 fully saturated rings. The maximum absolute atomic E-state index is 5.98. The van der Waals surface area contributed by atoms with E-state index in [2.05, 4.69) is 95.6 Å². The number of nitrogens with two attached hydrogens (primary N) is 1. The Hall–Kier alpha value is -2.74. The first-order valence-corrected chi connectivity index (χ1v) is 10.4. The van der Waals surface area contributed by atoms with Gasteiger partial charge in [0.15, 0.2) is 0 Å². The summed E-state index contributed by atoms with van der Waals surface area (Å²) in [6.07, 6.45) is 5.59. The molecular formula is C27H36N2. The number of likely N-dealkylation sites (N-methyl/N-ethyl adjacent to an activating group) is 1. The summed E-state index contributed by atoms with van der Waals surface area (Å²) in [6.45, 7) is 17.3. The molecule has 2 heteroatoms. The fourth-order valence-corrected chi connectivity index (χ4v) is 3.63. The van der Waals surface area contributed by atoms with Gasteiger partial charge in [0.25, 0.3) is 0 Å². The highest BCUT2D eigenvalue weighted by atomic mass is 15.1. The largest absolute Gasteiger partial charge is 0.399 e. The molecule has 2 rings (SSSR count). The van der Waals surface area contributed by atoms with Gasteiger partial charge in [0.2, 0.25) is 0 Å². The van der Waals surface area contributed by atoms with Crippen molar-refractivity contribution >= 4 is 22.5 Å². The van der Waals surface area contributed by atoms with E-state index < -0.39 is 0 Å². The van der Waals surface area contributed by atoms with Crippen LogP contribution in [0.3, 0.4) is 0 Å². The smallest absolute Gasteiger partial charge is 0.0511 e. The third-order valence-electron chi connectivity index (χ3n) is 5.75. The van der Waals surface area contributed by atoms with Gasteiger partial charge in [-0.3, -0.25) is 0 Å². The molecule has 0 heterocycles.